The number of H-pyrrole nitrogens is 1. The molecule has 1 rings (SSSR count). The maximum absolute atomic E-state index is 12.1. The molecule has 12 heavy (non-hydrogen) atoms. The van der Waals surface area contributed by atoms with E-state index in [9.17, 15) is 13.6 Å². The van der Waals surface area contributed by atoms with Crippen molar-refractivity contribution in [1.29, 1.82) is 0 Å². The predicted molar refractivity (Wildman–Crippen MR) is 41.4 cm³/mol. The number of anilines is 1. The first kappa shape index (κ1) is 8.99. The molecular weight excluding hydrogens is 190 g/mol. The van der Waals surface area contributed by atoms with Gasteiger partial charge >= 0.3 is 0 Å². The van der Waals surface area contributed by atoms with Gasteiger partial charge in [-0.2, -0.15) is 0 Å². The van der Waals surface area contributed by atoms with E-state index < -0.39 is 23.2 Å². The zero-order chi connectivity index (χ0) is 9.30. The van der Waals surface area contributed by atoms with Gasteiger partial charge in [-0.25, -0.2) is 8.78 Å². The molecule has 0 saturated carbocycles. The highest BCUT2D eigenvalue weighted by atomic mass is 35.5. The first-order chi connectivity index (χ1) is 5.52. The van der Waals surface area contributed by atoms with Crippen LogP contribution in [0.15, 0.2) is 10.9 Å². The molecular formula is C6H5ClF2N2O. The van der Waals surface area contributed by atoms with Crippen molar-refractivity contribution in [2.24, 2.45) is 0 Å². The number of rotatable bonds is 1. The highest BCUT2D eigenvalue weighted by molar-refractivity contribution is 6.29. The Morgan fingerprint density at radius 1 is 1.58 bits per heavy atom. The van der Waals surface area contributed by atoms with Crippen molar-refractivity contribution < 1.29 is 8.78 Å². The normalized spacial score (nSPS) is 10.7. The van der Waals surface area contributed by atoms with Gasteiger partial charge in [0, 0.05) is 5.56 Å². The van der Waals surface area contributed by atoms with Gasteiger partial charge in [-0.1, -0.05) is 11.6 Å². The summed E-state index contributed by atoms with van der Waals surface area (Å²) < 4.78 is 24.2. The van der Waals surface area contributed by atoms with Crippen LogP contribution in [0.4, 0.5) is 14.5 Å². The molecule has 1 aromatic rings. The summed E-state index contributed by atoms with van der Waals surface area (Å²) in [6.45, 7) is 0. The number of hydrogen-bond donors (Lipinski definition) is 2. The molecule has 0 bridgehead atoms. The summed E-state index contributed by atoms with van der Waals surface area (Å²) in [6, 6.07) is 0.933. The molecule has 0 aromatic carbocycles. The summed E-state index contributed by atoms with van der Waals surface area (Å²) in [5.41, 5.74) is 3.25. The third-order valence-electron chi connectivity index (χ3n) is 1.31. The first-order valence-electron chi connectivity index (χ1n) is 2.98. The van der Waals surface area contributed by atoms with Crippen LogP contribution in [0.25, 0.3) is 0 Å². The quantitative estimate of drug-likeness (QED) is 0.667. The van der Waals surface area contributed by atoms with Crippen molar-refractivity contribution >= 4 is 17.3 Å². The molecule has 0 aliphatic carbocycles. The zero-order valence-electron chi connectivity index (χ0n) is 5.77. The predicted octanol–water partition coefficient (Wildman–Crippen LogP) is 1.55. The van der Waals surface area contributed by atoms with Crippen molar-refractivity contribution in [3.8, 4) is 0 Å². The second-order valence-electron chi connectivity index (χ2n) is 2.12. The van der Waals surface area contributed by atoms with E-state index in [1.807, 2.05) is 0 Å². The molecule has 3 nitrogen and oxygen atoms in total. The van der Waals surface area contributed by atoms with Crippen molar-refractivity contribution in [2.45, 2.75) is 6.43 Å². The van der Waals surface area contributed by atoms with E-state index in [0.29, 0.717) is 0 Å². The Kier molecular flexibility index (Phi) is 2.32. The fraction of sp³-hybridized carbons (Fsp3) is 0.167. The second kappa shape index (κ2) is 3.10. The van der Waals surface area contributed by atoms with E-state index in [2.05, 4.69) is 4.98 Å². The van der Waals surface area contributed by atoms with E-state index in [-0.39, 0.29) is 5.15 Å². The van der Waals surface area contributed by atoms with Gasteiger partial charge in [-0.15, -0.1) is 0 Å². The Hall–Kier alpha value is -1.10. The minimum absolute atomic E-state index is 0.149. The standard InChI is InChI=1S/C6H5ClF2N2O/c7-3-1-2(5(8)9)4(10)6(12)11-3/h1,5H,10H2,(H,11,12). The zero-order valence-corrected chi connectivity index (χ0v) is 6.53. The van der Waals surface area contributed by atoms with Gasteiger partial charge in [0.2, 0.25) is 0 Å². The van der Waals surface area contributed by atoms with Crippen molar-refractivity contribution in [3.05, 3.63) is 27.1 Å². The van der Waals surface area contributed by atoms with Gasteiger partial charge in [0.05, 0.1) is 0 Å². The summed E-state index contributed by atoms with van der Waals surface area (Å²) in [7, 11) is 0. The van der Waals surface area contributed by atoms with Crippen LogP contribution in [0.3, 0.4) is 0 Å². The second-order valence-corrected chi connectivity index (χ2v) is 2.52. The minimum Gasteiger partial charge on any atom is -0.394 e. The number of alkyl halides is 2. The molecule has 0 amide bonds. The van der Waals surface area contributed by atoms with E-state index in [4.69, 9.17) is 17.3 Å². The fourth-order valence-electron chi connectivity index (χ4n) is 0.738. The van der Waals surface area contributed by atoms with E-state index in [1.54, 1.807) is 0 Å². The molecule has 0 fully saturated rings. The number of nitrogens with two attached hydrogens (primary N) is 1. The summed E-state index contributed by atoms with van der Waals surface area (Å²) in [5, 5.41) is -0.149. The van der Waals surface area contributed by atoms with Gasteiger partial charge in [-0.3, -0.25) is 4.79 Å². The molecule has 0 aliphatic heterocycles. The van der Waals surface area contributed by atoms with Gasteiger partial charge in [0.1, 0.15) is 10.8 Å². The number of hydrogen-bond acceptors (Lipinski definition) is 2. The Labute approximate surface area is 71.2 Å². The lowest BCUT2D eigenvalue weighted by molar-refractivity contribution is 0.152. The van der Waals surface area contributed by atoms with Crippen molar-refractivity contribution in [3.63, 3.8) is 0 Å². The molecule has 1 heterocycles. The largest absolute Gasteiger partial charge is 0.394 e. The Morgan fingerprint density at radius 2 is 2.17 bits per heavy atom. The number of halogens is 3. The highest BCUT2D eigenvalue weighted by Gasteiger charge is 2.14. The number of aromatic nitrogens is 1. The van der Waals surface area contributed by atoms with E-state index in [1.165, 1.54) is 0 Å². The minimum atomic E-state index is -2.79. The molecule has 1 aromatic heterocycles. The third-order valence-corrected chi connectivity index (χ3v) is 1.51. The third kappa shape index (κ3) is 1.55. The molecule has 0 unspecified atom stereocenters. The van der Waals surface area contributed by atoms with Gasteiger partial charge in [-0.05, 0) is 6.07 Å². The van der Waals surface area contributed by atoms with Gasteiger partial charge < -0.3 is 10.7 Å². The molecule has 6 heteroatoms. The van der Waals surface area contributed by atoms with Crippen LogP contribution in [0.5, 0.6) is 0 Å². The lowest BCUT2D eigenvalue weighted by Gasteiger charge is -2.02. The van der Waals surface area contributed by atoms with Crippen LogP contribution in [0, 0.1) is 0 Å². The maximum Gasteiger partial charge on any atom is 0.272 e. The Balaban J connectivity index is 3.38. The Morgan fingerprint density at radius 3 is 2.67 bits per heavy atom. The topological polar surface area (TPSA) is 58.9 Å². The fourth-order valence-corrected chi connectivity index (χ4v) is 0.941. The first-order valence-corrected chi connectivity index (χ1v) is 3.36. The molecule has 0 atom stereocenters. The summed E-state index contributed by atoms with van der Waals surface area (Å²) >= 11 is 5.32. The van der Waals surface area contributed by atoms with E-state index >= 15 is 0 Å². The smallest absolute Gasteiger partial charge is 0.272 e. The Bertz CT molecular complexity index is 350. The molecule has 3 N–H and O–H groups in total. The summed E-state index contributed by atoms with van der Waals surface area (Å²) in [6.07, 6.45) is -2.79. The molecule has 0 aliphatic rings. The van der Waals surface area contributed by atoms with Crippen LogP contribution in [0.1, 0.15) is 12.0 Å². The lowest BCUT2D eigenvalue weighted by atomic mass is 10.2. The molecule has 0 radical (unpaired) electrons. The van der Waals surface area contributed by atoms with Gasteiger partial charge in [0.15, 0.2) is 0 Å². The number of nitrogens with one attached hydrogen (secondary N) is 1. The molecule has 0 saturated heterocycles. The highest BCUT2D eigenvalue weighted by Crippen LogP contribution is 2.23. The van der Waals surface area contributed by atoms with Crippen LogP contribution in [0.2, 0.25) is 5.15 Å². The van der Waals surface area contributed by atoms with Crippen LogP contribution < -0.4 is 11.3 Å². The summed E-state index contributed by atoms with van der Waals surface area (Å²) in [5.74, 6) is 0. The number of pyridine rings is 1. The van der Waals surface area contributed by atoms with Crippen LogP contribution in [-0.2, 0) is 0 Å². The SMILES string of the molecule is Nc1c(C(F)F)cc(Cl)[nH]c1=O. The van der Waals surface area contributed by atoms with Gasteiger partial charge in [0.25, 0.3) is 12.0 Å². The van der Waals surface area contributed by atoms with Crippen molar-refractivity contribution in [1.82, 2.24) is 4.98 Å². The van der Waals surface area contributed by atoms with Crippen LogP contribution in [-0.4, -0.2) is 4.98 Å². The maximum atomic E-state index is 12.1. The molecule has 66 valence electrons. The lowest BCUT2D eigenvalue weighted by Crippen LogP contribution is -2.14. The molecule has 0 spiro atoms. The monoisotopic (exact) mass is 194 g/mol. The number of nitrogen functional groups attached to an aromatic ring is 1. The average molecular weight is 195 g/mol. The average Bonchev–Trinajstić information content (AvgIpc) is 1.96. The van der Waals surface area contributed by atoms with E-state index in [0.717, 1.165) is 6.07 Å². The van der Waals surface area contributed by atoms with Crippen LogP contribution >= 0.6 is 11.6 Å². The van der Waals surface area contributed by atoms with Crippen molar-refractivity contribution in [2.75, 3.05) is 5.73 Å². The summed E-state index contributed by atoms with van der Waals surface area (Å²) in [4.78, 5) is 12.9. The number of aromatic amines is 1.